The normalized spacial score (nSPS) is 15.1. The van der Waals surface area contributed by atoms with E-state index in [4.69, 9.17) is 9.47 Å². The standard InChI is InChI=1S/C21H34N4O3/c1-22-21(23-13-6-14-28-19-7-4-3-5-8-19)25-16-20(26)24-15-17-9-11-18(27-2)12-10-17/h9-12,19H,3-8,13-16H2,1-2H3,(H,24,26)(H2,22,23,25). The largest absolute Gasteiger partial charge is 0.497 e. The van der Waals surface area contributed by atoms with E-state index in [1.807, 2.05) is 24.3 Å². The molecule has 1 amide bonds. The minimum absolute atomic E-state index is 0.0839. The zero-order valence-electron chi connectivity index (χ0n) is 17.1. The number of nitrogens with zero attached hydrogens (tertiary/aromatic N) is 1. The van der Waals surface area contributed by atoms with Gasteiger partial charge >= 0.3 is 0 Å². The first-order valence-corrected chi connectivity index (χ1v) is 10.2. The first-order chi connectivity index (χ1) is 13.7. The number of aliphatic imine (C=N–C) groups is 1. The maximum atomic E-state index is 12.0. The Labute approximate surface area is 168 Å². The summed E-state index contributed by atoms with van der Waals surface area (Å²) >= 11 is 0. The van der Waals surface area contributed by atoms with Crippen molar-refractivity contribution in [2.75, 3.05) is 33.9 Å². The first kappa shape index (κ1) is 22.0. The van der Waals surface area contributed by atoms with Crippen LogP contribution in [0.2, 0.25) is 0 Å². The Bertz CT molecular complexity index is 598. The summed E-state index contributed by atoms with van der Waals surface area (Å²) in [5, 5.41) is 9.13. The molecule has 0 saturated heterocycles. The minimum Gasteiger partial charge on any atom is -0.497 e. The van der Waals surface area contributed by atoms with Gasteiger partial charge in [0.2, 0.25) is 5.91 Å². The second-order valence-corrected chi connectivity index (χ2v) is 6.96. The highest BCUT2D eigenvalue weighted by Gasteiger charge is 2.13. The highest BCUT2D eigenvalue weighted by Crippen LogP contribution is 2.20. The molecule has 3 N–H and O–H groups in total. The fourth-order valence-corrected chi connectivity index (χ4v) is 3.15. The van der Waals surface area contributed by atoms with Crippen molar-refractivity contribution >= 4 is 11.9 Å². The molecule has 0 aromatic heterocycles. The second kappa shape index (κ2) is 13.0. The lowest BCUT2D eigenvalue weighted by Crippen LogP contribution is -2.43. The van der Waals surface area contributed by atoms with Crippen molar-refractivity contribution in [2.24, 2.45) is 4.99 Å². The Balaban J connectivity index is 1.54. The molecule has 1 fully saturated rings. The fourth-order valence-electron chi connectivity index (χ4n) is 3.15. The molecule has 1 aliphatic rings. The van der Waals surface area contributed by atoms with Crippen LogP contribution in [0.3, 0.4) is 0 Å². The summed E-state index contributed by atoms with van der Waals surface area (Å²) in [4.78, 5) is 16.2. The molecule has 0 atom stereocenters. The third-order valence-corrected chi connectivity index (χ3v) is 4.81. The topological polar surface area (TPSA) is 84.0 Å². The number of guanidine groups is 1. The zero-order chi connectivity index (χ0) is 20.0. The Morgan fingerprint density at radius 2 is 1.86 bits per heavy atom. The summed E-state index contributed by atoms with van der Waals surface area (Å²) in [7, 11) is 3.33. The number of nitrogens with one attached hydrogen (secondary N) is 3. The lowest BCUT2D eigenvalue weighted by atomic mass is 9.98. The van der Waals surface area contributed by atoms with E-state index < -0.39 is 0 Å². The Morgan fingerprint density at radius 3 is 2.54 bits per heavy atom. The molecule has 0 radical (unpaired) electrons. The van der Waals surface area contributed by atoms with E-state index >= 15 is 0 Å². The Morgan fingerprint density at radius 1 is 1.11 bits per heavy atom. The minimum atomic E-state index is -0.0839. The van der Waals surface area contributed by atoms with E-state index in [9.17, 15) is 4.79 Å². The molecule has 1 aromatic rings. The van der Waals surface area contributed by atoms with Crippen molar-refractivity contribution < 1.29 is 14.3 Å². The van der Waals surface area contributed by atoms with E-state index in [-0.39, 0.29) is 12.5 Å². The second-order valence-electron chi connectivity index (χ2n) is 6.96. The highest BCUT2D eigenvalue weighted by molar-refractivity contribution is 5.86. The summed E-state index contributed by atoms with van der Waals surface area (Å²) in [6, 6.07) is 7.62. The summed E-state index contributed by atoms with van der Waals surface area (Å²) < 4.78 is 11.0. The average molecular weight is 391 g/mol. The van der Waals surface area contributed by atoms with Gasteiger partial charge in [-0.1, -0.05) is 31.4 Å². The van der Waals surface area contributed by atoms with Gasteiger partial charge in [0.1, 0.15) is 5.75 Å². The van der Waals surface area contributed by atoms with E-state index in [2.05, 4.69) is 20.9 Å². The van der Waals surface area contributed by atoms with Crippen molar-refractivity contribution in [1.29, 1.82) is 0 Å². The van der Waals surface area contributed by atoms with Gasteiger partial charge in [-0.05, 0) is 37.0 Å². The van der Waals surface area contributed by atoms with Crippen LogP contribution in [0.1, 0.15) is 44.1 Å². The van der Waals surface area contributed by atoms with Crippen molar-refractivity contribution in [1.82, 2.24) is 16.0 Å². The lowest BCUT2D eigenvalue weighted by Gasteiger charge is -2.22. The third kappa shape index (κ3) is 8.61. The number of carbonyl (C=O) groups excluding carboxylic acids is 1. The summed E-state index contributed by atoms with van der Waals surface area (Å²) in [5.74, 6) is 1.34. The number of ether oxygens (including phenoxy) is 2. The summed E-state index contributed by atoms with van der Waals surface area (Å²) in [5.41, 5.74) is 1.02. The SMILES string of the molecule is CN=C(NCCCOC1CCCCC1)NCC(=O)NCc1ccc(OC)cc1. The van der Waals surface area contributed by atoms with Gasteiger partial charge in [-0.25, -0.2) is 0 Å². The maximum absolute atomic E-state index is 12.0. The third-order valence-electron chi connectivity index (χ3n) is 4.81. The summed E-state index contributed by atoms with van der Waals surface area (Å²) in [6.45, 7) is 2.18. The molecule has 0 unspecified atom stereocenters. The number of methoxy groups -OCH3 is 1. The molecule has 0 aliphatic heterocycles. The van der Waals surface area contributed by atoms with Crippen LogP contribution in [0.15, 0.2) is 29.3 Å². The average Bonchev–Trinajstić information content (AvgIpc) is 2.75. The number of amides is 1. The molecule has 156 valence electrons. The molecular formula is C21H34N4O3. The monoisotopic (exact) mass is 390 g/mol. The van der Waals surface area contributed by atoms with E-state index in [0.29, 0.717) is 18.6 Å². The van der Waals surface area contributed by atoms with Gasteiger partial charge in [-0.15, -0.1) is 0 Å². The van der Waals surface area contributed by atoms with Gasteiger partial charge in [-0.2, -0.15) is 0 Å². The Kier molecular flexibility index (Phi) is 10.2. The van der Waals surface area contributed by atoms with Crippen LogP contribution in [-0.2, 0) is 16.1 Å². The fraction of sp³-hybridized carbons (Fsp3) is 0.619. The number of carbonyl (C=O) groups is 1. The van der Waals surface area contributed by atoms with Gasteiger partial charge in [-0.3, -0.25) is 9.79 Å². The smallest absolute Gasteiger partial charge is 0.239 e. The van der Waals surface area contributed by atoms with Crippen LogP contribution in [0, 0.1) is 0 Å². The maximum Gasteiger partial charge on any atom is 0.239 e. The number of hydrogen-bond donors (Lipinski definition) is 3. The molecule has 0 bridgehead atoms. The van der Waals surface area contributed by atoms with Crippen molar-refractivity contribution in [3.05, 3.63) is 29.8 Å². The van der Waals surface area contributed by atoms with Gasteiger partial charge in [0.25, 0.3) is 0 Å². The quantitative estimate of drug-likeness (QED) is 0.324. The Hall–Kier alpha value is -2.28. The zero-order valence-corrected chi connectivity index (χ0v) is 17.1. The van der Waals surface area contributed by atoms with Crippen LogP contribution in [0.5, 0.6) is 5.75 Å². The predicted molar refractivity (Wildman–Crippen MR) is 112 cm³/mol. The molecule has 1 saturated carbocycles. The van der Waals surface area contributed by atoms with Crippen molar-refractivity contribution in [3.63, 3.8) is 0 Å². The van der Waals surface area contributed by atoms with Gasteiger partial charge in [0.15, 0.2) is 5.96 Å². The summed E-state index contributed by atoms with van der Waals surface area (Å²) in [6.07, 6.45) is 7.68. The van der Waals surface area contributed by atoms with Crippen LogP contribution < -0.4 is 20.7 Å². The molecule has 7 heteroatoms. The van der Waals surface area contributed by atoms with Crippen molar-refractivity contribution in [2.45, 2.75) is 51.2 Å². The molecule has 28 heavy (non-hydrogen) atoms. The van der Waals surface area contributed by atoms with Crippen LogP contribution in [0.25, 0.3) is 0 Å². The van der Waals surface area contributed by atoms with Crippen LogP contribution in [0.4, 0.5) is 0 Å². The first-order valence-electron chi connectivity index (χ1n) is 10.2. The van der Waals surface area contributed by atoms with E-state index in [1.165, 1.54) is 32.1 Å². The number of benzene rings is 1. The van der Waals surface area contributed by atoms with Gasteiger partial charge in [0, 0.05) is 26.7 Å². The molecule has 0 heterocycles. The lowest BCUT2D eigenvalue weighted by molar-refractivity contribution is -0.120. The number of rotatable bonds is 10. The van der Waals surface area contributed by atoms with Gasteiger partial charge < -0.3 is 25.4 Å². The molecule has 1 aliphatic carbocycles. The van der Waals surface area contributed by atoms with Crippen LogP contribution in [-0.4, -0.2) is 51.8 Å². The molecule has 2 rings (SSSR count). The van der Waals surface area contributed by atoms with Crippen molar-refractivity contribution in [3.8, 4) is 5.75 Å². The van der Waals surface area contributed by atoms with Gasteiger partial charge in [0.05, 0.1) is 19.8 Å². The number of hydrogen-bond acceptors (Lipinski definition) is 4. The van der Waals surface area contributed by atoms with E-state index in [1.54, 1.807) is 14.2 Å². The molecular weight excluding hydrogens is 356 g/mol. The highest BCUT2D eigenvalue weighted by atomic mass is 16.5. The van der Waals surface area contributed by atoms with Crippen LogP contribution >= 0.6 is 0 Å². The predicted octanol–water partition coefficient (Wildman–Crippen LogP) is 2.22. The molecule has 7 nitrogen and oxygen atoms in total. The molecule has 1 aromatic carbocycles. The molecule has 0 spiro atoms. The van der Waals surface area contributed by atoms with E-state index in [0.717, 1.165) is 30.9 Å².